The minimum atomic E-state index is -0.0392. The molecule has 0 saturated carbocycles. The van der Waals surface area contributed by atoms with Crippen LogP contribution in [0.2, 0.25) is 0 Å². The molecule has 0 aliphatic heterocycles. The summed E-state index contributed by atoms with van der Waals surface area (Å²) in [4.78, 5) is 0. The van der Waals surface area contributed by atoms with Gasteiger partial charge in [-0.15, -0.1) is 0 Å². The zero-order valence-corrected chi connectivity index (χ0v) is 6.71. The van der Waals surface area contributed by atoms with Crippen LogP contribution < -0.4 is 5.73 Å². The lowest BCUT2D eigenvalue weighted by Crippen LogP contribution is -1.87. The van der Waals surface area contributed by atoms with E-state index >= 15 is 0 Å². The second-order valence-electron chi connectivity index (χ2n) is 1.56. The molecule has 5 heteroatoms. The summed E-state index contributed by atoms with van der Waals surface area (Å²) in [6, 6.07) is 0. The van der Waals surface area contributed by atoms with Crippen LogP contribution in [0.15, 0.2) is 0 Å². The maximum absolute atomic E-state index is 8.60. The van der Waals surface area contributed by atoms with Crippen LogP contribution in [0, 0.1) is 3.57 Å². The predicted octanol–water partition coefficient (Wildman–Crippen LogP) is 0.0888. The maximum atomic E-state index is 8.60. The Morgan fingerprint density at radius 1 is 1.78 bits per heavy atom. The van der Waals surface area contributed by atoms with E-state index in [1.54, 1.807) is 0 Å². The lowest BCUT2D eigenvalue weighted by atomic mass is 10.4. The van der Waals surface area contributed by atoms with Gasteiger partial charge in [0.05, 0.1) is 15.9 Å². The van der Waals surface area contributed by atoms with Crippen molar-refractivity contribution in [3.63, 3.8) is 0 Å². The normalized spacial score (nSPS) is 10.0. The highest BCUT2D eigenvalue weighted by molar-refractivity contribution is 14.1. The number of H-pyrrole nitrogens is 1. The van der Waals surface area contributed by atoms with Crippen molar-refractivity contribution in [1.82, 2.24) is 10.2 Å². The largest absolute Gasteiger partial charge is 0.390 e. The van der Waals surface area contributed by atoms with E-state index in [0.29, 0.717) is 11.5 Å². The number of halogens is 1. The maximum Gasteiger partial charge on any atom is 0.159 e. The first kappa shape index (κ1) is 6.81. The first-order valence-electron chi connectivity index (χ1n) is 2.34. The van der Waals surface area contributed by atoms with Gasteiger partial charge in [-0.2, -0.15) is 5.10 Å². The molecule has 9 heavy (non-hydrogen) atoms. The Bertz CT molecular complexity index is 210. The molecule has 0 unspecified atom stereocenters. The summed E-state index contributed by atoms with van der Waals surface area (Å²) in [7, 11) is 0. The molecule has 0 aromatic carbocycles. The molecule has 0 bridgehead atoms. The third kappa shape index (κ3) is 1.16. The molecule has 0 aliphatic carbocycles. The number of aliphatic hydroxyl groups is 1. The first-order valence-corrected chi connectivity index (χ1v) is 3.42. The van der Waals surface area contributed by atoms with Gasteiger partial charge in [0.25, 0.3) is 0 Å². The standard InChI is InChI=1S/C4H6IN3O/c5-3-2(1-9)7-8-4(3)6/h9H,1H2,(H3,6,7,8). The van der Waals surface area contributed by atoms with Crippen molar-refractivity contribution < 1.29 is 5.11 Å². The van der Waals surface area contributed by atoms with E-state index in [1.807, 2.05) is 22.6 Å². The third-order valence-electron chi connectivity index (χ3n) is 0.959. The number of hydrogen-bond acceptors (Lipinski definition) is 3. The Labute approximate surface area is 65.6 Å². The summed E-state index contributed by atoms with van der Waals surface area (Å²) < 4.78 is 0.801. The average Bonchev–Trinajstić information content (AvgIpc) is 2.15. The summed E-state index contributed by atoms with van der Waals surface area (Å²) in [5, 5.41) is 14.9. The number of nitrogens with two attached hydrogens (primary N) is 1. The van der Waals surface area contributed by atoms with E-state index in [9.17, 15) is 0 Å². The minimum absolute atomic E-state index is 0.0392. The van der Waals surface area contributed by atoms with Crippen LogP contribution in [0.25, 0.3) is 0 Å². The van der Waals surface area contributed by atoms with Gasteiger partial charge in [-0.1, -0.05) is 0 Å². The molecule has 0 fully saturated rings. The number of aliphatic hydroxyl groups excluding tert-OH is 1. The van der Waals surface area contributed by atoms with Crippen LogP contribution >= 0.6 is 22.6 Å². The topological polar surface area (TPSA) is 74.9 Å². The molecule has 4 nitrogen and oxygen atoms in total. The minimum Gasteiger partial charge on any atom is -0.390 e. The zero-order chi connectivity index (χ0) is 6.85. The van der Waals surface area contributed by atoms with Crippen LogP contribution in [0.4, 0.5) is 5.82 Å². The van der Waals surface area contributed by atoms with Gasteiger partial charge in [-0.05, 0) is 22.6 Å². The van der Waals surface area contributed by atoms with Crippen molar-refractivity contribution in [1.29, 1.82) is 0 Å². The Hall–Kier alpha value is -0.300. The Kier molecular flexibility index (Phi) is 1.91. The van der Waals surface area contributed by atoms with E-state index in [0.717, 1.165) is 3.57 Å². The summed E-state index contributed by atoms with van der Waals surface area (Å²) in [6.07, 6.45) is 0. The SMILES string of the molecule is Nc1n[nH]c(CO)c1I. The molecule has 0 saturated heterocycles. The summed E-state index contributed by atoms with van der Waals surface area (Å²) in [6.45, 7) is -0.0392. The third-order valence-corrected chi connectivity index (χ3v) is 2.16. The highest BCUT2D eigenvalue weighted by atomic mass is 127. The molecule has 0 aliphatic rings. The van der Waals surface area contributed by atoms with E-state index in [-0.39, 0.29) is 6.61 Å². The van der Waals surface area contributed by atoms with Crippen molar-refractivity contribution in [2.24, 2.45) is 0 Å². The van der Waals surface area contributed by atoms with Gasteiger partial charge >= 0.3 is 0 Å². The molecule has 50 valence electrons. The number of nitrogens with one attached hydrogen (secondary N) is 1. The van der Waals surface area contributed by atoms with E-state index in [2.05, 4.69) is 10.2 Å². The van der Waals surface area contributed by atoms with Crippen molar-refractivity contribution in [3.8, 4) is 0 Å². The van der Waals surface area contributed by atoms with Crippen LogP contribution in [0.1, 0.15) is 5.69 Å². The predicted molar refractivity (Wildman–Crippen MR) is 41.6 cm³/mol. The fourth-order valence-corrected chi connectivity index (χ4v) is 0.897. The molecule has 0 atom stereocenters. The molecule has 1 heterocycles. The Morgan fingerprint density at radius 2 is 2.44 bits per heavy atom. The van der Waals surface area contributed by atoms with E-state index in [1.165, 1.54) is 0 Å². The van der Waals surface area contributed by atoms with Crippen molar-refractivity contribution in [2.45, 2.75) is 6.61 Å². The van der Waals surface area contributed by atoms with Crippen molar-refractivity contribution >= 4 is 28.4 Å². The van der Waals surface area contributed by atoms with Crippen LogP contribution in [-0.4, -0.2) is 15.3 Å². The Morgan fingerprint density at radius 3 is 2.67 bits per heavy atom. The average molecular weight is 239 g/mol. The van der Waals surface area contributed by atoms with Gasteiger partial charge in [0.1, 0.15) is 0 Å². The molecule has 1 aromatic heterocycles. The molecule has 0 spiro atoms. The lowest BCUT2D eigenvalue weighted by molar-refractivity contribution is 0.276. The number of rotatable bonds is 1. The Balaban J connectivity index is 3.04. The van der Waals surface area contributed by atoms with Gasteiger partial charge in [0.2, 0.25) is 0 Å². The van der Waals surface area contributed by atoms with Crippen LogP contribution in [0.3, 0.4) is 0 Å². The fraction of sp³-hybridized carbons (Fsp3) is 0.250. The molecule has 4 N–H and O–H groups in total. The van der Waals surface area contributed by atoms with Crippen molar-refractivity contribution in [3.05, 3.63) is 9.26 Å². The van der Waals surface area contributed by atoms with Crippen LogP contribution in [-0.2, 0) is 6.61 Å². The second-order valence-corrected chi connectivity index (χ2v) is 2.64. The van der Waals surface area contributed by atoms with Gasteiger partial charge in [0, 0.05) is 0 Å². The van der Waals surface area contributed by atoms with Crippen molar-refractivity contribution in [2.75, 3.05) is 5.73 Å². The summed E-state index contributed by atoms with van der Waals surface area (Å²) in [5.41, 5.74) is 6.03. The highest BCUT2D eigenvalue weighted by Crippen LogP contribution is 2.14. The number of nitrogen functional groups attached to an aromatic ring is 1. The molecule has 1 rings (SSSR count). The molecular formula is C4H6IN3O. The number of aromatic nitrogens is 2. The van der Waals surface area contributed by atoms with Gasteiger partial charge in [-0.25, -0.2) is 0 Å². The summed E-state index contributed by atoms with van der Waals surface area (Å²) >= 11 is 2.02. The second kappa shape index (κ2) is 2.53. The smallest absolute Gasteiger partial charge is 0.159 e. The highest BCUT2D eigenvalue weighted by Gasteiger charge is 2.03. The lowest BCUT2D eigenvalue weighted by Gasteiger charge is -1.86. The van der Waals surface area contributed by atoms with Gasteiger partial charge < -0.3 is 10.8 Å². The molecule has 0 radical (unpaired) electrons. The number of aromatic amines is 1. The molecular weight excluding hydrogens is 233 g/mol. The van der Waals surface area contributed by atoms with Gasteiger partial charge in [0.15, 0.2) is 5.82 Å². The number of anilines is 1. The molecule has 1 aromatic rings. The fourth-order valence-electron chi connectivity index (χ4n) is 0.485. The molecule has 0 amide bonds. The van der Waals surface area contributed by atoms with Crippen LogP contribution in [0.5, 0.6) is 0 Å². The zero-order valence-electron chi connectivity index (χ0n) is 4.56. The number of nitrogens with zero attached hydrogens (tertiary/aromatic N) is 1. The van der Waals surface area contributed by atoms with Gasteiger partial charge in [-0.3, -0.25) is 5.10 Å². The quantitative estimate of drug-likeness (QED) is 0.608. The monoisotopic (exact) mass is 239 g/mol. The van der Waals surface area contributed by atoms with E-state index in [4.69, 9.17) is 10.8 Å². The first-order chi connectivity index (χ1) is 4.25. The number of hydrogen-bond donors (Lipinski definition) is 3. The summed E-state index contributed by atoms with van der Waals surface area (Å²) in [5.74, 6) is 0.444. The van der Waals surface area contributed by atoms with E-state index < -0.39 is 0 Å².